The van der Waals surface area contributed by atoms with Gasteiger partial charge in [0.05, 0.1) is 18.4 Å². The van der Waals surface area contributed by atoms with Gasteiger partial charge in [-0.3, -0.25) is 14.1 Å². The Kier molecular flexibility index (Phi) is 6.22. The molecule has 2 heterocycles. The van der Waals surface area contributed by atoms with E-state index in [9.17, 15) is 22.8 Å². The molecule has 5 rings (SSSR count). The van der Waals surface area contributed by atoms with Gasteiger partial charge in [-0.2, -0.15) is 13.5 Å². The summed E-state index contributed by atoms with van der Waals surface area (Å²) in [5.41, 5.74) is 5.04. The van der Waals surface area contributed by atoms with Crippen molar-refractivity contribution in [3.8, 4) is 0 Å². The molecule has 10 nitrogen and oxygen atoms in total. The Bertz CT molecular complexity index is 1220. The fraction of sp³-hybridized carbons (Fsp3) is 0.565. The highest BCUT2D eigenvalue weighted by molar-refractivity contribution is 7.91. The van der Waals surface area contributed by atoms with Crippen molar-refractivity contribution in [1.29, 1.82) is 0 Å². The molecule has 1 saturated heterocycles. The molecule has 12 heteroatoms. The van der Waals surface area contributed by atoms with Crippen molar-refractivity contribution in [3.05, 3.63) is 45.9 Å². The topological polar surface area (TPSA) is 114 Å². The summed E-state index contributed by atoms with van der Waals surface area (Å²) in [4.78, 5) is 14.8. The third-order valence-electron chi connectivity index (χ3n) is 7.35. The van der Waals surface area contributed by atoms with Crippen molar-refractivity contribution in [2.24, 2.45) is 7.05 Å². The van der Waals surface area contributed by atoms with Gasteiger partial charge in [0.25, 0.3) is 0 Å². The van der Waals surface area contributed by atoms with E-state index in [-0.39, 0.29) is 25.2 Å². The van der Waals surface area contributed by atoms with Crippen LogP contribution in [0.3, 0.4) is 0 Å². The number of carbonyl (C=O) groups is 1. The second kappa shape index (κ2) is 9.07. The predicted octanol–water partition coefficient (Wildman–Crippen LogP) is 2.52. The molecule has 35 heavy (non-hydrogen) atoms. The standard InChI is InChI=1S/C23H30FN6O4S/c1-27-12-17(24)10-18(27)14-29(19-11-25-28(2)13-19)35(33,34)30(32)23(31)26-22-20-7-3-5-15(20)9-16-6-4-8-21(16)22/h9,11,13,17-18H,3-8,10,12,14H2,1-2H3,(H,26,31)/q-1/t17-,18+/m0/s1. The summed E-state index contributed by atoms with van der Waals surface area (Å²) in [6.07, 6.45) is 7.10. The average molecular weight is 506 g/mol. The highest BCUT2D eigenvalue weighted by Gasteiger charge is 2.37. The second-order valence-corrected chi connectivity index (χ2v) is 11.4. The molecule has 0 spiro atoms. The Morgan fingerprint density at radius 1 is 1.20 bits per heavy atom. The lowest BCUT2D eigenvalue weighted by molar-refractivity contribution is 0.243. The minimum absolute atomic E-state index is 0.135. The van der Waals surface area contributed by atoms with Crippen molar-refractivity contribution < 1.29 is 17.6 Å². The molecule has 2 aromatic rings. The first kappa shape index (κ1) is 24.0. The van der Waals surface area contributed by atoms with Crippen molar-refractivity contribution >= 4 is 27.6 Å². The van der Waals surface area contributed by atoms with Gasteiger partial charge >= 0.3 is 16.2 Å². The third kappa shape index (κ3) is 4.38. The van der Waals surface area contributed by atoms with Crippen LogP contribution in [0.4, 0.5) is 20.6 Å². The molecule has 2 atom stereocenters. The number of likely N-dealkylation sites (N-methyl/N-ethyl adjacent to an activating group) is 1. The summed E-state index contributed by atoms with van der Waals surface area (Å²) in [5, 5.41) is 19.7. The van der Waals surface area contributed by atoms with Gasteiger partial charge in [0, 0.05) is 31.5 Å². The molecular formula is C23H30FN6O4S-. The number of hydroxylamine groups is 1. The lowest BCUT2D eigenvalue weighted by Crippen LogP contribution is -2.49. The van der Waals surface area contributed by atoms with Gasteiger partial charge in [-0.25, -0.2) is 13.5 Å². The number of anilines is 2. The molecule has 1 N–H and O–H groups in total. The van der Waals surface area contributed by atoms with Crippen molar-refractivity contribution in [1.82, 2.24) is 19.1 Å². The smallest absolute Gasteiger partial charge is 0.326 e. The number of likely N-dealkylation sites (tertiary alicyclic amines) is 1. The van der Waals surface area contributed by atoms with E-state index >= 15 is 0 Å². The lowest BCUT2D eigenvalue weighted by Gasteiger charge is -2.36. The number of benzene rings is 1. The molecule has 0 bridgehead atoms. The predicted molar refractivity (Wildman–Crippen MR) is 130 cm³/mol. The van der Waals surface area contributed by atoms with E-state index in [4.69, 9.17) is 0 Å². The fourth-order valence-electron chi connectivity index (χ4n) is 5.60. The van der Waals surface area contributed by atoms with Crippen LogP contribution in [0.15, 0.2) is 18.5 Å². The summed E-state index contributed by atoms with van der Waals surface area (Å²) >= 11 is 0. The molecule has 1 fully saturated rings. The number of halogens is 1. The first-order chi connectivity index (χ1) is 16.6. The number of nitrogens with zero attached hydrogens (tertiary/aromatic N) is 5. The van der Waals surface area contributed by atoms with Crippen LogP contribution in [-0.4, -0.2) is 65.9 Å². The monoisotopic (exact) mass is 505 g/mol. The van der Waals surface area contributed by atoms with Gasteiger partial charge in [0.1, 0.15) is 6.17 Å². The summed E-state index contributed by atoms with van der Waals surface area (Å²) in [6, 6.07) is 0.486. The SMILES string of the molecule is CN1C[C@@H](F)C[C@@H]1CN(c1cnn(C)c1)S(=O)(=O)N([O-])C(=O)Nc1c2c(cc3c1CCC3)CCC2. The number of aromatic nitrogens is 2. The fourth-order valence-corrected chi connectivity index (χ4v) is 6.76. The number of hydrogen-bond acceptors (Lipinski definition) is 6. The van der Waals surface area contributed by atoms with E-state index in [1.54, 1.807) is 19.0 Å². The van der Waals surface area contributed by atoms with Gasteiger partial charge in [-0.1, -0.05) is 6.07 Å². The van der Waals surface area contributed by atoms with E-state index in [0.717, 1.165) is 65.1 Å². The maximum Gasteiger partial charge on any atom is 0.326 e. The Morgan fingerprint density at radius 2 is 1.86 bits per heavy atom. The summed E-state index contributed by atoms with van der Waals surface area (Å²) in [7, 11) is -1.50. The Morgan fingerprint density at radius 3 is 2.40 bits per heavy atom. The quantitative estimate of drug-likeness (QED) is 0.604. The van der Waals surface area contributed by atoms with Crippen LogP contribution in [0.5, 0.6) is 0 Å². The number of hydrogen-bond donors (Lipinski definition) is 1. The minimum Gasteiger partial charge on any atom is -0.740 e. The van der Waals surface area contributed by atoms with Crippen LogP contribution in [0.1, 0.15) is 41.5 Å². The molecule has 2 amide bonds. The molecule has 0 unspecified atom stereocenters. The zero-order valence-corrected chi connectivity index (χ0v) is 20.7. The first-order valence-corrected chi connectivity index (χ1v) is 13.4. The first-order valence-electron chi connectivity index (χ1n) is 12.0. The molecule has 1 aromatic heterocycles. The Balaban J connectivity index is 1.43. The Hall–Kier alpha value is -2.70. The number of aryl methyl sites for hydroxylation is 3. The van der Waals surface area contributed by atoms with E-state index in [0.29, 0.717) is 5.69 Å². The number of amides is 2. The molecule has 3 aliphatic rings. The number of rotatable bonds is 6. The number of urea groups is 1. The van der Waals surface area contributed by atoms with Gasteiger partial charge in [-0.15, -0.1) is 0 Å². The van der Waals surface area contributed by atoms with Gasteiger partial charge in [0.2, 0.25) is 0 Å². The van der Waals surface area contributed by atoms with E-state index in [1.165, 1.54) is 17.1 Å². The van der Waals surface area contributed by atoms with Crippen LogP contribution in [0.2, 0.25) is 0 Å². The molecule has 0 radical (unpaired) electrons. The van der Waals surface area contributed by atoms with Crippen molar-refractivity contribution in [3.63, 3.8) is 0 Å². The number of alkyl halides is 1. The molecule has 190 valence electrons. The number of fused-ring (bicyclic) bond motifs is 2. The molecular weight excluding hydrogens is 475 g/mol. The largest absolute Gasteiger partial charge is 0.740 e. The number of carbonyl (C=O) groups excluding carboxylic acids is 1. The van der Waals surface area contributed by atoms with Crippen molar-refractivity contribution in [2.75, 3.05) is 29.8 Å². The lowest BCUT2D eigenvalue weighted by atomic mass is 9.99. The summed E-state index contributed by atoms with van der Waals surface area (Å²) in [6.45, 7) is 0.00446. The van der Waals surface area contributed by atoms with Crippen LogP contribution in [0, 0.1) is 5.21 Å². The van der Waals surface area contributed by atoms with Gasteiger partial charge in [-0.05, 0) is 74.2 Å². The minimum atomic E-state index is -4.82. The van der Waals surface area contributed by atoms with E-state index in [2.05, 4.69) is 16.5 Å². The van der Waals surface area contributed by atoms with Crippen molar-refractivity contribution in [2.45, 2.75) is 57.2 Å². The maximum absolute atomic E-state index is 14.0. The second-order valence-electron chi connectivity index (χ2n) is 9.73. The van der Waals surface area contributed by atoms with Crippen LogP contribution >= 0.6 is 0 Å². The molecule has 2 aliphatic carbocycles. The average Bonchev–Trinajstić information content (AvgIpc) is 3.59. The summed E-state index contributed by atoms with van der Waals surface area (Å²) < 4.78 is 42.6. The van der Waals surface area contributed by atoms with Gasteiger partial charge < -0.3 is 10.5 Å². The van der Waals surface area contributed by atoms with Crippen LogP contribution in [0.25, 0.3) is 0 Å². The third-order valence-corrected chi connectivity index (χ3v) is 8.85. The van der Waals surface area contributed by atoms with Gasteiger partial charge in [0.15, 0.2) is 0 Å². The summed E-state index contributed by atoms with van der Waals surface area (Å²) in [5.74, 6) is 0. The molecule has 1 aromatic carbocycles. The molecule has 0 saturated carbocycles. The zero-order chi connectivity index (χ0) is 24.9. The van der Waals surface area contributed by atoms with Crippen LogP contribution in [-0.2, 0) is 42.9 Å². The van der Waals surface area contributed by atoms with E-state index in [1.807, 2.05) is 0 Å². The Labute approximate surface area is 204 Å². The van der Waals surface area contributed by atoms with E-state index < -0.39 is 32.9 Å². The zero-order valence-electron chi connectivity index (χ0n) is 19.9. The van der Waals surface area contributed by atoms with Crippen LogP contribution < -0.4 is 9.62 Å². The highest BCUT2D eigenvalue weighted by Crippen LogP contribution is 2.39. The molecule has 1 aliphatic heterocycles. The normalized spacial score (nSPS) is 21.7. The number of nitrogens with one attached hydrogen (secondary N) is 1. The highest BCUT2D eigenvalue weighted by atomic mass is 32.2. The maximum atomic E-state index is 14.0.